The van der Waals surface area contributed by atoms with E-state index in [1.165, 1.54) is 25.4 Å². The minimum Gasteiger partial charge on any atom is -0.493 e. The van der Waals surface area contributed by atoms with E-state index in [0.29, 0.717) is 49.2 Å². The van der Waals surface area contributed by atoms with Crippen molar-refractivity contribution >= 4 is 28.1 Å². The van der Waals surface area contributed by atoms with Gasteiger partial charge >= 0.3 is 10.1 Å². The molecule has 43 heavy (non-hydrogen) atoms. The Hall–Kier alpha value is -4.40. The molecule has 2 aromatic carbocycles. The van der Waals surface area contributed by atoms with Gasteiger partial charge in [0.25, 0.3) is 5.91 Å². The summed E-state index contributed by atoms with van der Waals surface area (Å²) in [6, 6.07) is 13.1. The van der Waals surface area contributed by atoms with Crippen molar-refractivity contribution in [3.8, 4) is 23.0 Å². The number of rotatable bonds is 10. The first-order valence-electron chi connectivity index (χ1n) is 13.4. The molecular formula is C29H36N4O9S. The van der Waals surface area contributed by atoms with Crippen LogP contribution in [0.3, 0.4) is 0 Å². The molecule has 1 saturated heterocycles. The summed E-state index contributed by atoms with van der Waals surface area (Å²) in [7, 11) is -2.63. The lowest BCUT2D eigenvalue weighted by atomic mass is 10.1. The number of carbonyl (C=O) groups is 2. The van der Waals surface area contributed by atoms with Gasteiger partial charge in [0.2, 0.25) is 6.41 Å². The number of nitrogen functional groups attached to an aromatic ring is 1. The maximum Gasteiger partial charge on any atom is 0.312 e. The molecule has 0 bridgehead atoms. The number of nitrogens with two attached hydrogens (primary N) is 1. The van der Waals surface area contributed by atoms with Crippen LogP contribution in [0.25, 0.3) is 0 Å². The fourth-order valence-electron chi connectivity index (χ4n) is 4.03. The normalized spacial score (nSPS) is 13.2. The molecule has 4 N–H and O–H groups in total. The van der Waals surface area contributed by atoms with Crippen LogP contribution in [0.1, 0.15) is 35.7 Å². The number of amides is 2. The molecule has 0 aliphatic carbocycles. The van der Waals surface area contributed by atoms with Gasteiger partial charge in [-0.3, -0.25) is 14.1 Å². The van der Waals surface area contributed by atoms with Gasteiger partial charge in [0.1, 0.15) is 6.61 Å². The van der Waals surface area contributed by atoms with Gasteiger partial charge < -0.3 is 34.9 Å². The van der Waals surface area contributed by atoms with E-state index in [9.17, 15) is 18.0 Å². The number of methoxy groups -OCH3 is 1. The average Bonchev–Trinajstić information content (AvgIpc) is 3.01. The van der Waals surface area contributed by atoms with Gasteiger partial charge in [0.05, 0.1) is 19.4 Å². The molecular weight excluding hydrogens is 580 g/mol. The topological polar surface area (TPSA) is 182 Å². The van der Waals surface area contributed by atoms with E-state index >= 15 is 0 Å². The Balaban J connectivity index is 0.000000326. The predicted molar refractivity (Wildman–Crippen MR) is 158 cm³/mol. The van der Waals surface area contributed by atoms with Crippen LogP contribution in [0.15, 0.2) is 59.8 Å². The lowest BCUT2D eigenvalue weighted by Gasteiger charge is -2.32. The Morgan fingerprint density at radius 1 is 1.07 bits per heavy atom. The Labute approximate surface area is 250 Å². The van der Waals surface area contributed by atoms with Crippen molar-refractivity contribution in [3.05, 3.63) is 65.9 Å². The zero-order chi connectivity index (χ0) is 31.6. The summed E-state index contributed by atoms with van der Waals surface area (Å²) in [4.78, 5) is 30.7. The van der Waals surface area contributed by atoms with E-state index < -0.39 is 10.1 Å². The van der Waals surface area contributed by atoms with Crippen molar-refractivity contribution in [1.82, 2.24) is 14.8 Å². The van der Waals surface area contributed by atoms with Crippen LogP contribution in [0.2, 0.25) is 0 Å². The monoisotopic (exact) mass is 616 g/mol. The molecule has 1 fully saturated rings. The van der Waals surface area contributed by atoms with Crippen molar-refractivity contribution in [2.45, 2.75) is 24.8 Å². The Bertz CT molecular complexity index is 1490. The van der Waals surface area contributed by atoms with Crippen LogP contribution in [0, 0.1) is 0 Å². The molecule has 14 heteroatoms. The number of pyridine rings is 1. The number of piperazine rings is 1. The molecule has 0 atom stereocenters. The number of aromatic nitrogens is 1. The van der Waals surface area contributed by atoms with E-state index in [2.05, 4.69) is 4.98 Å². The van der Waals surface area contributed by atoms with Crippen LogP contribution < -0.4 is 19.9 Å². The van der Waals surface area contributed by atoms with E-state index in [1.54, 1.807) is 40.1 Å². The second-order valence-corrected chi connectivity index (χ2v) is 11.1. The molecule has 0 saturated carbocycles. The van der Waals surface area contributed by atoms with E-state index in [0.717, 1.165) is 12.0 Å². The summed E-state index contributed by atoms with van der Waals surface area (Å²) >= 11 is 0. The smallest absolute Gasteiger partial charge is 0.312 e. The minimum atomic E-state index is -4.16. The highest BCUT2D eigenvalue weighted by atomic mass is 32.2. The van der Waals surface area contributed by atoms with Crippen molar-refractivity contribution in [2.24, 2.45) is 0 Å². The quantitative estimate of drug-likeness (QED) is 0.173. The van der Waals surface area contributed by atoms with E-state index in [1.807, 2.05) is 19.9 Å². The molecule has 2 amide bonds. The fraction of sp³-hybridized carbons (Fsp3) is 0.345. The zero-order valence-electron chi connectivity index (χ0n) is 24.2. The fourth-order valence-corrected chi connectivity index (χ4v) is 4.46. The van der Waals surface area contributed by atoms with Gasteiger partial charge in [0.15, 0.2) is 28.0 Å². The third kappa shape index (κ3) is 9.04. The molecule has 2 heterocycles. The van der Waals surface area contributed by atoms with Crippen LogP contribution in [-0.4, -0.2) is 91.7 Å². The molecule has 4 rings (SSSR count). The molecule has 232 valence electrons. The van der Waals surface area contributed by atoms with Crippen LogP contribution in [0.4, 0.5) is 5.69 Å². The maximum absolute atomic E-state index is 12.9. The number of anilines is 1. The maximum atomic E-state index is 12.9. The molecule has 0 unspecified atom stereocenters. The highest BCUT2D eigenvalue weighted by molar-refractivity contribution is 7.85. The third-order valence-electron chi connectivity index (χ3n) is 6.40. The first-order chi connectivity index (χ1) is 20.5. The summed E-state index contributed by atoms with van der Waals surface area (Å²) < 4.78 is 46.7. The van der Waals surface area contributed by atoms with Gasteiger partial charge in [-0.1, -0.05) is 32.0 Å². The molecule has 1 aromatic heterocycles. The second kappa shape index (κ2) is 15.2. The second-order valence-electron chi connectivity index (χ2n) is 9.71. The van der Waals surface area contributed by atoms with E-state index in [4.69, 9.17) is 29.6 Å². The predicted octanol–water partition coefficient (Wildman–Crippen LogP) is 2.81. The standard InChI is InChI=1S/C21H25N3O6.C8H11NO3S/c1-28-17-4-2-3-5-18(17)30-20-16(22)12-15(13-19(20)29-11-10-25)21(27)24-8-6-23(14-26)7-9-24;1-6(2)7-3-4-8(9-5-7)13(10,11)12/h2-5,12-14,25H,6-11,22H2,1H3;3-6H,1-2H3,(H,10,11,12). The highest BCUT2D eigenvalue weighted by Gasteiger charge is 2.24. The lowest BCUT2D eigenvalue weighted by molar-refractivity contribution is -0.119. The lowest BCUT2D eigenvalue weighted by Crippen LogP contribution is -2.48. The summed E-state index contributed by atoms with van der Waals surface area (Å²) in [5, 5.41) is 8.86. The SMILES string of the molecule is CC(C)c1ccc(S(=O)(=O)O)nc1.COc1ccccc1Oc1c(N)cc(C(=O)N2CCN(C=O)CC2)cc1OCCO. The largest absolute Gasteiger partial charge is 0.493 e. The molecule has 0 radical (unpaired) electrons. The van der Waals surface area contributed by atoms with Crippen molar-refractivity contribution in [1.29, 1.82) is 0 Å². The van der Waals surface area contributed by atoms with Crippen LogP contribution >= 0.6 is 0 Å². The number of hydrogen-bond acceptors (Lipinski definition) is 10. The highest BCUT2D eigenvalue weighted by Crippen LogP contribution is 2.41. The third-order valence-corrected chi connectivity index (χ3v) is 7.17. The summed E-state index contributed by atoms with van der Waals surface area (Å²) in [5.41, 5.74) is 7.70. The molecule has 13 nitrogen and oxygen atoms in total. The van der Waals surface area contributed by atoms with Gasteiger partial charge in [-0.15, -0.1) is 0 Å². The number of benzene rings is 2. The van der Waals surface area contributed by atoms with Gasteiger partial charge in [-0.2, -0.15) is 8.42 Å². The zero-order valence-corrected chi connectivity index (χ0v) is 25.0. The minimum absolute atomic E-state index is 0.0113. The number of para-hydroxylation sites is 2. The number of ether oxygens (including phenoxy) is 3. The van der Waals surface area contributed by atoms with Gasteiger partial charge in [-0.05, 0) is 41.8 Å². The van der Waals surface area contributed by atoms with Gasteiger partial charge in [0, 0.05) is 37.9 Å². The number of aliphatic hydroxyl groups is 1. The number of hydrogen-bond donors (Lipinski definition) is 3. The average molecular weight is 617 g/mol. The molecule has 1 aliphatic heterocycles. The number of carbonyl (C=O) groups excluding carboxylic acids is 2. The number of aliphatic hydroxyl groups excluding tert-OH is 1. The molecule has 1 aliphatic rings. The Morgan fingerprint density at radius 2 is 1.74 bits per heavy atom. The molecule has 3 aromatic rings. The van der Waals surface area contributed by atoms with Gasteiger partial charge in [-0.25, -0.2) is 4.98 Å². The van der Waals surface area contributed by atoms with Crippen molar-refractivity contribution in [3.63, 3.8) is 0 Å². The summed E-state index contributed by atoms with van der Waals surface area (Å²) in [5.74, 6) is 1.50. The summed E-state index contributed by atoms with van der Waals surface area (Å²) in [6.07, 6.45) is 2.23. The molecule has 0 spiro atoms. The number of nitrogens with zero attached hydrogens (tertiary/aromatic N) is 3. The Morgan fingerprint density at radius 3 is 2.28 bits per heavy atom. The first kappa shape index (κ1) is 33.1. The first-order valence-corrected chi connectivity index (χ1v) is 14.8. The van der Waals surface area contributed by atoms with Crippen molar-refractivity contribution in [2.75, 3.05) is 52.2 Å². The Kier molecular flexibility index (Phi) is 11.7. The summed E-state index contributed by atoms with van der Waals surface area (Å²) in [6.45, 7) is 5.58. The van der Waals surface area contributed by atoms with Crippen molar-refractivity contribution < 1.29 is 41.9 Å². The van der Waals surface area contributed by atoms with E-state index in [-0.39, 0.29) is 41.3 Å². The van der Waals surface area contributed by atoms with Crippen LogP contribution in [0.5, 0.6) is 23.0 Å². The van der Waals surface area contributed by atoms with Crippen LogP contribution in [-0.2, 0) is 14.9 Å².